The summed E-state index contributed by atoms with van der Waals surface area (Å²) >= 11 is 0. The van der Waals surface area contributed by atoms with Gasteiger partial charge in [-0.25, -0.2) is 0 Å². The number of rotatable bonds is 3. The molecule has 0 saturated heterocycles. The van der Waals surface area contributed by atoms with E-state index in [-0.39, 0.29) is 0 Å². The molecule has 2 aromatic carbocycles. The zero-order valence-electron chi connectivity index (χ0n) is 9.95. The number of fused-ring (bicyclic) bond motifs is 1. The molecular formula is C13H12N4O. The van der Waals surface area contributed by atoms with Gasteiger partial charge in [0.25, 0.3) is 0 Å². The highest BCUT2D eigenvalue weighted by molar-refractivity contribution is 5.88. The molecule has 0 atom stereocenters. The van der Waals surface area contributed by atoms with Crippen LogP contribution >= 0.6 is 0 Å². The van der Waals surface area contributed by atoms with Crippen molar-refractivity contribution in [1.29, 1.82) is 0 Å². The smallest absolute Gasteiger partial charge is 0.212 e. The molecule has 0 unspecified atom stereocenters. The molecule has 5 nitrogen and oxygen atoms in total. The van der Waals surface area contributed by atoms with Crippen LogP contribution in [0.1, 0.15) is 5.82 Å². The SMILES string of the molecule is Cn1nnc(COc2cccc3ccccc23)n1. The van der Waals surface area contributed by atoms with Crippen molar-refractivity contribution in [3.63, 3.8) is 0 Å². The largest absolute Gasteiger partial charge is 0.485 e. The van der Waals surface area contributed by atoms with E-state index < -0.39 is 0 Å². The molecule has 90 valence electrons. The zero-order chi connectivity index (χ0) is 12.4. The first kappa shape index (κ1) is 10.7. The van der Waals surface area contributed by atoms with E-state index in [1.807, 2.05) is 30.3 Å². The van der Waals surface area contributed by atoms with Crippen molar-refractivity contribution >= 4 is 10.8 Å². The van der Waals surface area contributed by atoms with Gasteiger partial charge in [-0.2, -0.15) is 4.80 Å². The molecule has 5 heteroatoms. The van der Waals surface area contributed by atoms with Crippen molar-refractivity contribution in [1.82, 2.24) is 20.2 Å². The van der Waals surface area contributed by atoms with Crippen LogP contribution in [0.25, 0.3) is 10.8 Å². The van der Waals surface area contributed by atoms with Crippen LogP contribution in [-0.4, -0.2) is 20.2 Å². The van der Waals surface area contributed by atoms with Gasteiger partial charge in [-0.15, -0.1) is 10.2 Å². The molecule has 18 heavy (non-hydrogen) atoms. The summed E-state index contributed by atoms with van der Waals surface area (Å²) in [7, 11) is 1.73. The van der Waals surface area contributed by atoms with Crippen molar-refractivity contribution < 1.29 is 4.74 Å². The second-order valence-corrected chi connectivity index (χ2v) is 3.96. The zero-order valence-corrected chi connectivity index (χ0v) is 9.95. The van der Waals surface area contributed by atoms with E-state index in [1.54, 1.807) is 7.05 Å². The second-order valence-electron chi connectivity index (χ2n) is 3.96. The quantitative estimate of drug-likeness (QED) is 0.702. The van der Waals surface area contributed by atoms with Gasteiger partial charge < -0.3 is 4.74 Å². The second kappa shape index (κ2) is 4.44. The van der Waals surface area contributed by atoms with Crippen LogP contribution in [0.5, 0.6) is 5.75 Å². The molecule has 0 radical (unpaired) electrons. The maximum Gasteiger partial charge on any atom is 0.212 e. The topological polar surface area (TPSA) is 52.8 Å². The molecule has 0 aliphatic heterocycles. The molecule has 0 spiro atoms. The Morgan fingerprint density at radius 2 is 1.94 bits per heavy atom. The first-order valence-electron chi connectivity index (χ1n) is 5.66. The van der Waals surface area contributed by atoms with Crippen molar-refractivity contribution in [2.24, 2.45) is 7.05 Å². The summed E-state index contributed by atoms with van der Waals surface area (Å²) in [6, 6.07) is 14.1. The van der Waals surface area contributed by atoms with Gasteiger partial charge in [-0.1, -0.05) is 36.4 Å². The molecule has 0 fully saturated rings. The average Bonchev–Trinajstić information content (AvgIpc) is 2.82. The Morgan fingerprint density at radius 3 is 2.78 bits per heavy atom. The summed E-state index contributed by atoms with van der Waals surface area (Å²) in [4.78, 5) is 1.42. The minimum Gasteiger partial charge on any atom is -0.485 e. The Kier molecular flexibility index (Phi) is 2.64. The van der Waals surface area contributed by atoms with E-state index in [0.717, 1.165) is 16.5 Å². The highest BCUT2D eigenvalue weighted by atomic mass is 16.5. The Morgan fingerprint density at radius 1 is 1.11 bits per heavy atom. The number of ether oxygens (including phenoxy) is 1. The van der Waals surface area contributed by atoms with Crippen LogP contribution in [-0.2, 0) is 13.7 Å². The van der Waals surface area contributed by atoms with Gasteiger partial charge in [0.15, 0.2) is 6.61 Å². The molecular weight excluding hydrogens is 228 g/mol. The third kappa shape index (κ3) is 2.02. The van der Waals surface area contributed by atoms with E-state index in [0.29, 0.717) is 12.4 Å². The summed E-state index contributed by atoms with van der Waals surface area (Å²) in [5.74, 6) is 1.41. The summed E-state index contributed by atoms with van der Waals surface area (Å²) < 4.78 is 5.74. The van der Waals surface area contributed by atoms with E-state index in [2.05, 4.69) is 27.5 Å². The van der Waals surface area contributed by atoms with E-state index >= 15 is 0 Å². The average molecular weight is 240 g/mol. The fraction of sp³-hybridized carbons (Fsp3) is 0.154. The first-order valence-corrected chi connectivity index (χ1v) is 5.66. The molecule has 0 aliphatic carbocycles. The van der Waals surface area contributed by atoms with Crippen LogP contribution in [0.3, 0.4) is 0 Å². The fourth-order valence-electron chi connectivity index (χ4n) is 1.84. The number of hydrogen-bond acceptors (Lipinski definition) is 4. The lowest BCUT2D eigenvalue weighted by Gasteiger charge is -2.06. The lowest BCUT2D eigenvalue weighted by atomic mass is 10.1. The number of aromatic nitrogens is 4. The first-order chi connectivity index (χ1) is 8.83. The monoisotopic (exact) mass is 240 g/mol. The highest BCUT2D eigenvalue weighted by Gasteiger charge is 2.04. The number of aryl methyl sites for hydroxylation is 1. The van der Waals surface area contributed by atoms with Gasteiger partial charge in [0.2, 0.25) is 5.82 Å². The molecule has 0 amide bonds. The van der Waals surface area contributed by atoms with Crippen LogP contribution in [0.15, 0.2) is 42.5 Å². The Hall–Kier alpha value is -2.43. The molecule has 3 rings (SSSR count). The maximum absolute atomic E-state index is 5.74. The minimum atomic E-state index is 0.321. The Balaban J connectivity index is 1.86. The summed E-state index contributed by atoms with van der Waals surface area (Å²) in [5.41, 5.74) is 0. The van der Waals surface area contributed by atoms with Crippen LogP contribution in [0.2, 0.25) is 0 Å². The Labute approximate surface area is 104 Å². The molecule has 0 aliphatic rings. The lowest BCUT2D eigenvalue weighted by molar-refractivity contribution is 0.299. The van der Waals surface area contributed by atoms with Gasteiger partial charge >= 0.3 is 0 Å². The molecule has 0 saturated carbocycles. The van der Waals surface area contributed by atoms with Gasteiger partial charge in [0.1, 0.15) is 5.75 Å². The number of hydrogen-bond donors (Lipinski definition) is 0. The fourth-order valence-corrected chi connectivity index (χ4v) is 1.84. The molecule has 3 aromatic rings. The summed E-state index contributed by atoms with van der Waals surface area (Å²) in [6.07, 6.45) is 0. The van der Waals surface area contributed by atoms with Crippen molar-refractivity contribution in [2.45, 2.75) is 6.61 Å². The van der Waals surface area contributed by atoms with E-state index in [9.17, 15) is 0 Å². The van der Waals surface area contributed by atoms with Gasteiger partial charge in [-0.3, -0.25) is 0 Å². The third-order valence-corrected chi connectivity index (χ3v) is 2.66. The minimum absolute atomic E-state index is 0.321. The molecule has 1 heterocycles. The van der Waals surface area contributed by atoms with Crippen molar-refractivity contribution in [2.75, 3.05) is 0 Å². The lowest BCUT2D eigenvalue weighted by Crippen LogP contribution is -1.99. The van der Waals surface area contributed by atoms with Crippen LogP contribution in [0, 0.1) is 0 Å². The van der Waals surface area contributed by atoms with Gasteiger partial charge in [-0.05, 0) is 16.7 Å². The highest BCUT2D eigenvalue weighted by Crippen LogP contribution is 2.25. The normalized spacial score (nSPS) is 10.7. The van der Waals surface area contributed by atoms with E-state index in [1.165, 1.54) is 4.80 Å². The number of benzene rings is 2. The third-order valence-electron chi connectivity index (χ3n) is 2.66. The van der Waals surface area contributed by atoms with E-state index in [4.69, 9.17) is 4.74 Å². The van der Waals surface area contributed by atoms with Crippen LogP contribution < -0.4 is 4.74 Å². The number of tetrazole rings is 1. The standard InChI is InChI=1S/C13H12N4O/c1-17-15-13(14-16-17)9-18-12-8-4-6-10-5-2-3-7-11(10)12/h2-8H,9H2,1H3. The molecule has 1 aromatic heterocycles. The van der Waals surface area contributed by atoms with Gasteiger partial charge in [0, 0.05) is 5.39 Å². The number of nitrogens with zero attached hydrogens (tertiary/aromatic N) is 4. The maximum atomic E-state index is 5.74. The van der Waals surface area contributed by atoms with Crippen molar-refractivity contribution in [3.05, 3.63) is 48.3 Å². The Bertz CT molecular complexity index is 672. The summed E-state index contributed by atoms with van der Waals surface area (Å²) in [6.45, 7) is 0.321. The molecule has 0 N–H and O–H groups in total. The van der Waals surface area contributed by atoms with Crippen LogP contribution in [0.4, 0.5) is 0 Å². The van der Waals surface area contributed by atoms with Gasteiger partial charge in [0.05, 0.1) is 7.05 Å². The summed E-state index contributed by atoms with van der Waals surface area (Å²) in [5, 5.41) is 14.0. The predicted molar refractivity (Wildman–Crippen MR) is 67.1 cm³/mol. The molecule has 0 bridgehead atoms. The van der Waals surface area contributed by atoms with Crippen molar-refractivity contribution in [3.8, 4) is 5.75 Å². The predicted octanol–water partition coefficient (Wildman–Crippen LogP) is 1.94.